The van der Waals surface area contributed by atoms with Crippen molar-refractivity contribution in [2.24, 2.45) is 0 Å². The normalized spacial score (nSPS) is 15.9. The summed E-state index contributed by atoms with van der Waals surface area (Å²) in [7, 11) is 6.79. The van der Waals surface area contributed by atoms with Crippen molar-refractivity contribution in [3.8, 4) is 28.7 Å². The first-order chi connectivity index (χ1) is 19.2. The van der Waals surface area contributed by atoms with Crippen LogP contribution in [0.15, 0.2) is 24.3 Å². The van der Waals surface area contributed by atoms with E-state index >= 15 is 0 Å². The number of thioether (sulfide) groups is 1. The lowest BCUT2D eigenvalue weighted by Crippen LogP contribution is -2.33. The summed E-state index contributed by atoms with van der Waals surface area (Å²) in [5, 5.41) is 11.1. The lowest BCUT2D eigenvalue weighted by atomic mass is 9.78. The van der Waals surface area contributed by atoms with Gasteiger partial charge in [-0.15, -0.1) is 11.8 Å². The van der Waals surface area contributed by atoms with E-state index in [2.05, 4.69) is 65.6 Å². The number of hydrogen-bond donors (Lipinski definition) is 1. The minimum absolute atomic E-state index is 0.0565. The van der Waals surface area contributed by atoms with E-state index in [0.717, 1.165) is 36.2 Å². The first kappa shape index (κ1) is 32.7. The molecule has 2 aromatic rings. The number of amides is 1. The number of hydrogen-bond acceptors (Lipinski definition) is 8. The van der Waals surface area contributed by atoms with Crippen molar-refractivity contribution in [3.05, 3.63) is 41.0 Å². The predicted octanol–water partition coefficient (Wildman–Crippen LogP) is 5.99. The third-order valence-electron chi connectivity index (χ3n) is 7.32. The topological polar surface area (TPSA) is 80.7 Å². The van der Waals surface area contributed by atoms with Crippen LogP contribution in [0.1, 0.15) is 70.0 Å². The van der Waals surface area contributed by atoms with Gasteiger partial charge in [-0.2, -0.15) is 0 Å². The highest BCUT2D eigenvalue weighted by Crippen LogP contribution is 2.46. The Bertz CT molecular complexity index is 1140. The number of phenolic OH excluding ortho intramolecular Hbond substituents is 1. The molecule has 2 aromatic carbocycles. The number of rotatable bonds is 12. The van der Waals surface area contributed by atoms with Gasteiger partial charge < -0.3 is 33.9 Å². The molecule has 1 aliphatic rings. The molecule has 1 unspecified atom stereocenters. The Morgan fingerprint density at radius 2 is 1.49 bits per heavy atom. The van der Waals surface area contributed by atoms with Crippen molar-refractivity contribution in [2.75, 3.05) is 60.4 Å². The molecule has 0 spiro atoms. The number of nitrogens with zero attached hydrogens (tertiary/aromatic N) is 2. The van der Waals surface area contributed by atoms with Crippen molar-refractivity contribution in [1.29, 1.82) is 0 Å². The van der Waals surface area contributed by atoms with Crippen molar-refractivity contribution >= 4 is 17.7 Å². The Balaban J connectivity index is 1.62. The zero-order valence-corrected chi connectivity index (χ0v) is 27.2. The second-order valence-electron chi connectivity index (χ2n) is 12.6. The fourth-order valence-electron chi connectivity index (χ4n) is 5.00. The summed E-state index contributed by atoms with van der Waals surface area (Å²) in [6.45, 7) is 15.4. The Morgan fingerprint density at radius 3 is 1.98 bits per heavy atom. The maximum Gasteiger partial charge on any atom is 0.233 e. The van der Waals surface area contributed by atoms with Crippen LogP contribution in [0.3, 0.4) is 0 Å². The Labute approximate surface area is 250 Å². The van der Waals surface area contributed by atoms with E-state index in [9.17, 15) is 9.90 Å². The van der Waals surface area contributed by atoms with Crippen molar-refractivity contribution in [3.63, 3.8) is 0 Å². The van der Waals surface area contributed by atoms with Crippen LogP contribution in [0.2, 0.25) is 0 Å². The number of benzene rings is 2. The molecule has 0 radical (unpaired) electrons. The van der Waals surface area contributed by atoms with Gasteiger partial charge in [0.2, 0.25) is 11.7 Å². The number of phenols is 1. The summed E-state index contributed by atoms with van der Waals surface area (Å²) >= 11 is 1.67. The average Bonchev–Trinajstić information content (AvgIpc) is 3.26. The highest BCUT2D eigenvalue weighted by Gasteiger charge is 2.35. The molecule has 0 saturated carbocycles. The molecule has 1 saturated heterocycles. The molecule has 1 amide bonds. The summed E-state index contributed by atoms with van der Waals surface area (Å²) < 4.78 is 22.2. The van der Waals surface area contributed by atoms with Crippen LogP contribution in [0.25, 0.3) is 0 Å². The van der Waals surface area contributed by atoms with Crippen LogP contribution in [0.5, 0.6) is 28.7 Å². The van der Waals surface area contributed by atoms with Crippen LogP contribution in [-0.4, -0.2) is 81.2 Å². The fraction of sp³-hybridized carbons (Fsp3) is 0.594. The number of methoxy groups -OCH3 is 3. The number of aromatic hydroxyl groups is 1. The molecule has 1 heterocycles. The lowest BCUT2D eigenvalue weighted by Gasteiger charge is -2.31. The molecule has 1 aliphatic heterocycles. The minimum atomic E-state index is -0.217. The standard InChI is InChI=1S/C32H48N2O6S/c1-31(2,3)23-16-21(17-24(28(23)36)32(4,5)6)30-34(27(35)20-41-30)13-11-12-33(7)14-15-40-22-18-25(37-8)29(39-10)26(19-22)38-9/h16-19,30,36H,11-15,20H2,1-10H3. The lowest BCUT2D eigenvalue weighted by molar-refractivity contribution is -0.128. The first-order valence-electron chi connectivity index (χ1n) is 14.1. The summed E-state index contributed by atoms with van der Waals surface area (Å²) in [5.74, 6) is 3.28. The Hall–Kier alpha value is -2.78. The largest absolute Gasteiger partial charge is 0.507 e. The zero-order valence-electron chi connectivity index (χ0n) is 26.4. The SMILES string of the molecule is COc1cc(OCCN(C)CCCN2C(=O)CSC2c2cc(C(C)(C)C)c(O)c(C(C)(C)C)c2)cc(OC)c1OC. The van der Waals surface area contributed by atoms with Gasteiger partial charge >= 0.3 is 0 Å². The van der Waals surface area contributed by atoms with Crippen LogP contribution in [-0.2, 0) is 15.6 Å². The van der Waals surface area contributed by atoms with Crippen molar-refractivity contribution < 1.29 is 28.8 Å². The fourth-order valence-corrected chi connectivity index (χ4v) is 6.20. The quantitative estimate of drug-likeness (QED) is 0.324. The molecule has 9 heteroatoms. The summed E-state index contributed by atoms with van der Waals surface area (Å²) in [6, 6.07) is 7.77. The van der Waals surface area contributed by atoms with Crippen LogP contribution in [0, 0.1) is 0 Å². The first-order valence-corrected chi connectivity index (χ1v) is 15.2. The van der Waals surface area contributed by atoms with Gasteiger partial charge in [0, 0.05) is 25.2 Å². The molecule has 3 rings (SSSR count). The van der Waals surface area contributed by atoms with Gasteiger partial charge in [0.1, 0.15) is 23.5 Å². The van der Waals surface area contributed by atoms with Crippen molar-refractivity contribution in [1.82, 2.24) is 9.80 Å². The number of carbonyl (C=O) groups excluding carboxylic acids is 1. The number of carbonyl (C=O) groups is 1. The summed E-state index contributed by atoms with van der Waals surface area (Å²) in [4.78, 5) is 17.1. The number of likely N-dealkylation sites (N-methyl/N-ethyl adjacent to an activating group) is 1. The van der Waals surface area contributed by atoms with E-state index in [1.165, 1.54) is 0 Å². The predicted molar refractivity (Wildman–Crippen MR) is 166 cm³/mol. The highest BCUT2D eigenvalue weighted by atomic mass is 32.2. The molecule has 1 atom stereocenters. The third kappa shape index (κ3) is 7.95. The smallest absolute Gasteiger partial charge is 0.233 e. The van der Waals surface area contributed by atoms with E-state index < -0.39 is 0 Å². The molecule has 1 fully saturated rings. The molecule has 0 bridgehead atoms. The van der Waals surface area contributed by atoms with Crippen LogP contribution >= 0.6 is 11.8 Å². The van der Waals surface area contributed by atoms with Gasteiger partial charge in [-0.05, 0) is 59.7 Å². The van der Waals surface area contributed by atoms with Crippen molar-refractivity contribution in [2.45, 2.75) is 64.2 Å². The van der Waals surface area contributed by atoms with E-state index in [1.54, 1.807) is 45.2 Å². The Kier molecular flexibility index (Phi) is 10.7. The van der Waals surface area contributed by atoms with Crippen LogP contribution in [0.4, 0.5) is 0 Å². The molecule has 41 heavy (non-hydrogen) atoms. The molecular weight excluding hydrogens is 540 g/mol. The maximum absolute atomic E-state index is 12.9. The molecule has 0 aliphatic carbocycles. The maximum atomic E-state index is 12.9. The molecular formula is C32H48N2O6S. The van der Waals surface area contributed by atoms with Crippen LogP contribution < -0.4 is 18.9 Å². The molecule has 8 nitrogen and oxygen atoms in total. The number of ether oxygens (including phenoxy) is 4. The average molecular weight is 589 g/mol. The second-order valence-corrected chi connectivity index (χ2v) is 13.6. The summed E-state index contributed by atoms with van der Waals surface area (Å²) in [5.41, 5.74) is 2.50. The summed E-state index contributed by atoms with van der Waals surface area (Å²) in [6.07, 6.45) is 0.847. The van der Waals surface area contributed by atoms with E-state index in [4.69, 9.17) is 18.9 Å². The van der Waals surface area contributed by atoms with E-state index in [1.807, 2.05) is 4.90 Å². The monoisotopic (exact) mass is 588 g/mol. The van der Waals surface area contributed by atoms with Gasteiger partial charge in [0.05, 0.1) is 27.1 Å². The minimum Gasteiger partial charge on any atom is -0.507 e. The van der Waals surface area contributed by atoms with Gasteiger partial charge in [-0.3, -0.25) is 4.79 Å². The Morgan fingerprint density at radius 1 is 0.927 bits per heavy atom. The highest BCUT2D eigenvalue weighted by molar-refractivity contribution is 8.00. The zero-order chi connectivity index (χ0) is 30.5. The molecule has 228 valence electrons. The van der Waals surface area contributed by atoms with E-state index in [0.29, 0.717) is 47.7 Å². The third-order valence-corrected chi connectivity index (χ3v) is 8.58. The van der Waals surface area contributed by atoms with Gasteiger partial charge in [-0.25, -0.2) is 0 Å². The van der Waals surface area contributed by atoms with Gasteiger partial charge in [0.15, 0.2) is 11.5 Å². The van der Waals surface area contributed by atoms with Gasteiger partial charge in [0.25, 0.3) is 0 Å². The molecule has 1 N–H and O–H groups in total. The van der Waals surface area contributed by atoms with Gasteiger partial charge in [-0.1, -0.05) is 41.5 Å². The second kappa shape index (κ2) is 13.5. The van der Waals surface area contributed by atoms with E-state index in [-0.39, 0.29) is 22.1 Å². The molecule has 0 aromatic heterocycles.